The van der Waals surface area contributed by atoms with E-state index < -0.39 is 27.7 Å². The molecule has 6 nitrogen and oxygen atoms in total. The largest absolute Gasteiger partial charge is 0.426 e. The average molecular weight is 437 g/mol. The van der Waals surface area contributed by atoms with Gasteiger partial charge in [0, 0.05) is 6.54 Å². The fourth-order valence-corrected chi connectivity index (χ4v) is 3.33. The lowest BCUT2D eigenvalue weighted by Crippen LogP contribution is -2.52. The Labute approximate surface area is 164 Å². The summed E-state index contributed by atoms with van der Waals surface area (Å²) in [6, 6.07) is 11.8. The smallest absolute Gasteiger partial charge is 0.373 e. The Morgan fingerprint density at radius 3 is 2.29 bits per heavy atom. The van der Waals surface area contributed by atoms with E-state index in [1.165, 1.54) is 0 Å². The van der Waals surface area contributed by atoms with Crippen molar-refractivity contribution in [2.24, 2.45) is 0 Å². The summed E-state index contributed by atoms with van der Waals surface area (Å²) in [5.41, 5.74) is -3.20. The zero-order valence-corrected chi connectivity index (χ0v) is 16.0. The van der Waals surface area contributed by atoms with Crippen LogP contribution < -0.4 is 10.0 Å². The zero-order valence-electron chi connectivity index (χ0n) is 14.4. The molecule has 0 radical (unpaired) electrons. The topological polar surface area (TPSA) is 95.5 Å². The minimum Gasteiger partial charge on any atom is -0.373 e. The molecule has 2 rings (SSSR count). The molecule has 0 bridgehead atoms. The second-order valence-corrected chi connectivity index (χ2v) is 8.15. The molecule has 0 spiro atoms. The van der Waals surface area contributed by atoms with Gasteiger partial charge in [0.2, 0.25) is 15.6 Å². The van der Waals surface area contributed by atoms with Crippen molar-refractivity contribution >= 4 is 33.2 Å². The molecule has 2 aromatic carbocycles. The summed E-state index contributed by atoms with van der Waals surface area (Å²) in [7, 11) is -3.95. The van der Waals surface area contributed by atoms with Crippen molar-refractivity contribution in [3.8, 4) is 0 Å². The number of hydrogen-bond donors (Lipinski definition) is 3. The fourth-order valence-electron chi connectivity index (χ4n) is 1.99. The number of carbonyl (C=O) groups is 1. The standard InChI is InChI=1S/C17H16ClF3N2O4S/c1-16(25,17(19,20)21)15(24)23-14-8-7-12(9-13(14)18)28(26,27)22-10-11-5-3-2-4-6-11/h2-9,22,25H,10H2,1H3,(H,23,24). The number of alkyl halides is 3. The molecule has 0 heterocycles. The van der Waals surface area contributed by atoms with Gasteiger partial charge < -0.3 is 10.4 Å². The monoisotopic (exact) mass is 436 g/mol. The van der Waals surface area contributed by atoms with E-state index in [-0.39, 0.29) is 22.2 Å². The minimum absolute atomic E-state index is 0.0216. The van der Waals surface area contributed by atoms with Crippen LogP contribution in [0.2, 0.25) is 5.02 Å². The summed E-state index contributed by atoms with van der Waals surface area (Å²) in [5, 5.41) is 10.9. The average Bonchev–Trinajstić information content (AvgIpc) is 2.61. The summed E-state index contributed by atoms with van der Waals surface area (Å²) in [4.78, 5) is 11.5. The number of benzene rings is 2. The maximum Gasteiger partial charge on any atom is 0.426 e. The molecule has 0 aliphatic heterocycles. The Hall–Kier alpha value is -2.14. The Kier molecular flexibility index (Phi) is 6.39. The summed E-state index contributed by atoms with van der Waals surface area (Å²) >= 11 is 5.89. The van der Waals surface area contributed by atoms with Gasteiger partial charge in [-0.1, -0.05) is 41.9 Å². The normalized spacial score (nSPS) is 14.4. The maximum atomic E-state index is 12.7. The summed E-state index contributed by atoms with van der Waals surface area (Å²) in [6.07, 6.45) is -5.20. The first-order valence-electron chi connectivity index (χ1n) is 7.78. The minimum atomic E-state index is -5.20. The Bertz CT molecular complexity index is 964. The highest BCUT2D eigenvalue weighted by Gasteiger charge is 2.55. The number of sulfonamides is 1. The van der Waals surface area contributed by atoms with Gasteiger partial charge in [0.15, 0.2) is 0 Å². The Balaban J connectivity index is 2.16. The first kappa shape index (κ1) is 22.2. The van der Waals surface area contributed by atoms with Gasteiger partial charge >= 0.3 is 6.18 Å². The predicted molar refractivity (Wildman–Crippen MR) is 97.2 cm³/mol. The second-order valence-electron chi connectivity index (χ2n) is 5.98. The van der Waals surface area contributed by atoms with Crippen molar-refractivity contribution in [2.75, 3.05) is 5.32 Å². The van der Waals surface area contributed by atoms with Gasteiger partial charge in [-0.15, -0.1) is 0 Å². The van der Waals surface area contributed by atoms with Crippen LogP contribution in [0.4, 0.5) is 18.9 Å². The maximum absolute atomic E-state index is 12.7. The highest BCUT2D eigenvalue weighted by Crippen LogP contribution is 2.32. The van der Waals surface area contributed by atoms with Gasteiger partial charge in [-0.2, -0.15) is 13.2 Å². The van der Waals surface area contributed by atoms with Crippen molar-refractivity contribution in [3.05, 3.63) is 59.1 Å². The summed E-state index contributed by atoms with van der Waals surface area (Å²) in [6.45, 7) is 0.316. The summed E-state index contributed by atoms with van der Waals surface area (Å²) in [5.74, 6) is -1.75. The number of carbonyl (C=O) groups excluding carboxylic acids is 1. The van der Waals surface area contributed by atoms with E-state index in [1.54, 1.807) is 30.3 Å². The van der Waals surface area contributed by atoms with Crippen molar-refractivity contribution < 1.29 is 31.5 Å². The van der Waals surface area contributed by atoms with E-state index in [9.17, 15) is 31.5 Å². The third kappa shape index (κ3) is 5.02. The Morgan fingerprint density at radius 1 is 1.14 bits per heavy atom. The first-order valence-corrected chi connectivity index (χ1v) is 9.64. The molecule has 0 aromatic heterocycles. The van der Waals surface area contributed by atoms with Gasteiger partial charge in [0.1, 0.15) is 0 Å². The van der Waals surface area contributed by atoms with Gasteiger partial charge in [-0.05, 0) is 30.7 Å². The Morgan fingerprint density at radius 2 is 1.75 bits per heavy atom. The van der Waals surface area contributed by atoms with E-state index in [0.29, 0.717) is 6.92 Å². The summed E-state index contributed by atoms with van der Waals surface area (Å²) < 4.78 is 65.1. The molecule has 1 amide bonds. The van der Waals surface area contributed by atoms with Crippen molar-refractivity contribution in [1.82, 2.24) is 4.72 Å². The number of anilines is 1. The number of aliphatic hydroxyl groups is 1. The van der Waals surface area contributed by atoms with Crippen LogP contribution in [0.3, 0.4) is 0 Å². The van der Waals surface area contributed by atoms with E-state index in [2.05, 4.69) is 4.72 Å². The van der Waals surface area contributed by atoms with E-state index in [0.717, 1.165) is 23.8 Å². The quantitative estimate of drug-likeness (QED) is 0.648. The number of amides is 1. The van der Waals surface area contributed by atoms with E-state index in [1.807, 2.05) is 5.32 Å². The van der Waals surface area contributed by atoms with Crippen molar-refractivity contribution in [2.45, 2.75) is 30.1 Å². The zero-order chi connectivity index (χ0) is 21.2. The van der Waals surface area contributed by atoms with E-state index in [4.69, 9.17) is 11.6 Å². The highest BCUT2D eigenvalue weighted by molar-refractivity contribution is 7.89. The molecule has 0 fully saturated rings. The van der Waals surface area contributed by atoms with Crippen molar-refractivity contribution in [1.29, 1.82) is 0 Å². The molecular formula is C17H16ClF3N2O4S. The molecule has 0 saturated heterocycles. The van der Waals surface area contributed by atoms with Crippen LogP contribution >= 0.6 is 11.6 Å². The predicted octanol–water partition coefficient (Wildman–Crippen LogP) is 3.07. The lowest BCUT2D eigenvalue weighted by molar-refractivity contribution is -0.242. The molecule has 0 saturated carbocycles. The van der Waals surface area contributed by atoms with Crippen LogP contribution in [0.25, 0.3) is 0 Å². The van der Waals surface area contributed by atoms with Crippen molar-refractivity contribution in [3.63, 3.8) is 0 Å². The molecule has 152 valence electrons. The fraction of sp³-hybridized carbons (Fsp3) is 0.235. The lowest BCUT2D eigenvalue weighted by Gasteiger charge is -2.25. The van der Waals surface area contributed by atoms with Gasteiger partial charge in [-0.3, -0.25) is 4.79 Å². The number of hydrogen-bond acceptors (Lipinski definition) is 4. The van der Waals surface area contributed by atoms with Crippen LogP contribution in [0.15, 0.2) is 53.4 Å². The van der Waals surface area contributed by atoms with Crippen LogP contribution in [-0.2, 0) is 21.4 Å². The molecule has 1 atom stereocenters. The van der Waals surface area contributed by atoms with Gasteiger partial charge in [0.05, 0.1) is 15.6 Å². The first-order chi connectivity index (χ1) is 12.8. The van der Waals surface area contributed by atoms with E-state index >= 15 is 0 Å². The van der Waals surface area contributed by atoms with Gasteiger partial charge in [0.25, 0.3) is 5.91 Å². The lowest BCUT2D eigenvalue weighted by atomic mass is 10.1. The molecular weight excluding hydrogens is 421 g/mol. The molecule has 0 aliphatic carbocycles. The highest BCUT2D eigenvalue weighted by atomic mass is 35.5. The molecule has 28 heavy (non-hydrogen) atoms. The molecule has 11 heteroatoms. The number of halogens is 4. The third-order valence-corrected chi connectivity index (χ3v) is 5.51. The third-order valence-electron chi connectivity index (χ3n) is 3.80. The SMILES string of the molecule is CC(O)(C(=O)Nc1ccc(S(=O)(=O)NCc2ccccc2)cc1Cl)C(F)(F)F. The molecule has 3 N–H and O–H groups in total. The molecule has 2 aromatic rings. The van der Waals surface area contributed by atoms with Crippen LogP contribution in [0.1, 0.15) is 12.5 Å². The number of nitrogens with one attached hydrogen (secondary N) is 2. The van der Waals surface area contributed by atoms with Crippen LogP contribution in [-0.4, -0.2) is 31.2 Å². The molecule has 1 unspecified atom stereocenters. The van der Waals surface area contributed by atoms with Crippen LogP contribution in [0.5, 0.6) is 0 Å². The van der Waals surface area contributed by atoms with Crippen LogP contribution in [0, 0.1) is 0 Å². The van der Waals surface area contributed by atoms with Gasteiger partial charge in [-0.25, -0.2) is 13.1 Å². The second kappa shape index (κ2) is 8.08. The number of rotatable bonds is 6. The molecule has 0 aliphatic rings.